The van der Waals surface area contributed by atoms with E-state index in [1.54, 1.807) is 6.92 Å². The molecule has 0 saturated carbocycles. The number of furan rings is 1. The van der Waals surface area contributed by atoms with Gasteiger partial charge in [0.15, 0.2) is 17.0 Å². The summed E-state index contributed by atoms with van der Waals surface area (Å²) >= 11 is 1.12. The monoisotopic (exact) mass is 468 g/mol. The molecule has 4 rings (SSSR count). The lowest BCUT2D eigenvalue weighted by Gasteiger charge is -2.07. The van der Waals surface area contributed by atoms with Crippen molar-refractivity contribution < 1.29 is 36.3 Å². The van der Waals surface area contributed by atoms with Gasteiger partial charge in [0.2, 0.25) is 10.0 Å². The van der Waals surface area contributed by atoms with Crippen molar-refractivity contribution in [1.29, 1.82) is 0 Å². The van der Waals surface area contributed by atoms with Crippen LogP contribution in [0, 0.1) is 6.92 Å². The number of ether oxygens (including phenoxy) is 1. The molecular weight excluding hydrogens is 454 g/mol. The molecule has 2 heterocycles. The van der Waals surface area contributed by atoms with Gasteiger partial charge in [-0.1, -0.05) is 0 Å². The number of carboxylic acids is 1. The summed E-state index contributed by atoms with van der Waals surface area (Å²) in [5.41, 5.74) is 0.868. The van der Waals surface area contributed by atoms with Gasteiger partial charge in [0, 0.05) is 26.9 Å². The van der Waals surface area contributed by atoms with Crippen molar-refractivity contribution >= 4 is 55.0 Å². The summed E-state index contributed by atoms with van der Waals surface area (Å²) < 4.78 is 61.7. The molecule has 0 atom stereocenters. The van der Waals surface area contributed by atoms with Crippen LogP contribution in [0.15, 0.2) is 34.7 Å². The van der Waals surface area contributed by atoms with Crippen molar-refractivity contribution in [2.24, 2.45) is 0 Å². The van der Waals surface area contributed by atoms with Crippen molar-refractivity contribution in [1.82, 2.24) is 4.98 Å². The third-order valence-electron chi connectivity index (χ3n) is 4.33. The number of aromatic carboxylic acids is 1. The molecule has 0 bridgehead atoms. The molecule has 2 aromatic carbocycles. The van der Waals surface area contributed by atoms with Gasteiger partial charge in [-0.15, -0.1) is 11.3 Å². The first-order valence-electron chi connectivity index (χ1n) is 8.66. The van der Waals surface area contributed by atoms with Crippen LogP contribution in [0.2, 0.25) is 0 Å². The molecule has 0 saturated heterocycles. The number of anilines is 1. The number of halogens is 2. The third-order valence-corrected chi connectivity index (χ3v) is 5.94. The largest absolute Gasteiger partial charge is 0.476 e. The number of thiazole rings is 1. The lowest BCUT2D eigenvalue weighted by Crippen LogP contribution is -2.09. The lowest BCUT2D eigenvalue weighted by molar-refractivity contribution is -0.0493. The second-order valence-corrected chi connectivity index (χ2v) is 9.56. The number of nitrogens with one attached hydrogen (secondary N) is 1. The molecule has 12 heteroatoms. The van der Waals surface area contributed by atoms with Crippen LogP contribution >= 0.6 is 11.3 Å². The standard InChI is InChI=1S/C19H14F2N2O6S2/c1-8-15(18(24)25)22-17(30-8)10-4-6-13(29-19(20)21)16-14(10)11-7-9(23-31(2,26)27)3-5-12(11)28-16/h3-7,19,23H,1-2H3,(H,24,25). The van der Waals surface area contributed by atoms with E-state index in [0.29, 0.717) is 31.8 Å². The van der Waals surface area contributed by atoms with Crippen LogP contribution in [-0.2, 0) is 10.0 Å². The highest BCUT2D eigenvalue weighted by molar-refractivity contribution is 7.92. The number of alkyl halides is 2. The number of rotatable bonds is 6. The minimum Gasteiger partial charge on any atom is -0.476 e. The zero-order valence-corrected chi connectivity index (χ0v) is 17.6. The Hall–Kier alpha value is -3.25. The van der Waals surface area contributed by atoms with Crippen LogP contribution in [0.25, 0.3) is 32.5 Å². The van der Waals surface area contributed by atoms with E-state index in [0.717, 1.165) is 17.6 Å². The van der Waals surface area contributed by atoms with Gasteiger partial charge in [-0.3, -0.25) is 4.72 Å². The number of aryl methyl sites for hydroxylation is 1. The van der Waals surface area contributed by atoms with Crippen molar-refractivity contribution in [3.8, 4) is 16.3 Å². The molecule has 31 heavy (non-hydrogen) atoms. The van der Waals surface area contributed by atoms with Gasteiger partial charge < -0.3 is 14.3 Å². The predicted molar refractivity (Wildman–Crippen MR) is 112 cm³/mol. The van der Waals surface area contributed by atoms with Crippen LogP contribution in [0.5, 0.6) is 5.75 Å². The molecule has 0 radical (unpaired) electrons. The average molecular weight is 468 g/mol. The van der Waals surface area contributed by atoms with Crippen molar-refractivity contribution in [2.45, 2.75) is 13.5 Å². The van der Waals surface area contributed by atoms with Gasteiger partial charge in [0.25, 0.3) is 0 Å². The summed E-state index contributed by atoms with van der Waals surface area (Å²) in [5.74, 6) is -1.40. The zero-order chi connectivity index (χ0) is 22.5. The molecule has 162 valence electrons. The fourth-order valence-electron chi connectivity index (χ4n) is 3.21. The number of carboxylic acid groups (broad SMARTS) is 1. The van der Waals surface area contributed by atoms with Gasteiger partial charge in [-0.25, -0.2) is 18.2 Å². The fourth-order valence-corrected chi connectivity index (χ4v) is 4.70. The molecule has 4 aromatic rings. The zero-order valence-electron chi connectivity index (χ0n) is 16.0. The van der Waals surface area contributed by atoms with Gasteiger partial charge in [-0.2, -0.15) is 8.78 Å². The second-order valence-electron chi connectivity index (χ2n) is 6.61. The number of fused-ring (bicyclic) bond motifs is 3. The highest BCUT2D eigenvalue weighted by Crippen LogP contribution is 2.43. The minimum absolute atomic E-state index is 0.00836. The van der Waals surface area contributed by atoms with E-state index < -0.39 is 22.6 Å². The molecule has 0 aliphatic rings. The van der Waals surface area contributed by atoms with Gasteiger partial charge >= 0.3 is 12.6 Å². The van der Waals surface area contributed by atoms with E-state index in [1.165, 1.54) is 30.3 Å². The lowest BCUT2D eigenvalue weighted by atomic mass is 10.1. The number of hydrogen-bond donors (Lipinski definition) is 2. The number of aromatic nitrogens is 1. The van der Waals surface area contributed by atoms with Crippen molar-refractivity contribution in [3.05, 3.63) is 40.9 Å². The minimum atomic E-state index is -3.56. The Morgan fingerprint density at radius 2 is 2.03 bits per heavy atom. The van der Waals surface area contributed by atoms with Crippen LogP contribution in [0.4, 0.5) is 14.5 Å². The van der Waals surface area contributed by atoms with E-state index in [-0.39, 0.29) is 22.7 Å². The maximum atomic E-state index is 12.9. The van der Waals surface area contributed by atoms with Crippen LogP contribution in [-0.4, -0.2) is 37.3 Å². The Balaban J connectivity index is 2.03. The van der Waals surface area contributed by atoms with E-state index in [1.807, 2.05) is 0 Å². The van der Waals surface area contributed by atoms with Crippen molar-refractivity contribution in [3.63, 3.8) is 0 Å². The highest BCUT2D eigenvalue weighted by Gasteiger charge is 2.23. The number of sulfonamides is 1. The second kappa shape index (κ2) is 7.46. The van der Waals surface area contributed by atoms with Gasteiger partial charge in [0.05, 0.1) is 6.26 Å². The third kappa shape index (κ3) is 4.03. The molecule has 0 spiro atoms. The Labute approximate surface area is 178 Å². The van der Waals surface area contributed by atoms with E-state index in [4.69, 9.17) is 4.42 Å². The Bertz CT molecular complexity index is 1440. The molecule has 0 aliphatic carbocycles. The summed E-state index contributed by atoms with van der Waals surface area (Å²) in [6, 6.07) is 7.23. The number of hydrogen-bond acceptors (Lipinski definition) is 7. The van der Waals surface area contributed by atoms with E-state index >= 15 is 0 Å². The summed E-state index contributed by atoms with van der Waals surface area (Å²) in [7, 11) is -3.56. The Kier molecular flexibility index (Phi) is 5.06. The van der Waals surface area contributed by atoms with Crippen LogP contribution < -0.4 is 9.46 Å². The van der Waals surface area contributed by atoms with E-state index in [9.17, 15) is 27.1 Å². The molecule has 0 unspecified atom stereocenters. The number of carbonyl (C=O) groups is 1. The van der Waals surface area contributed by atoms with E-state index in [2.05, 4.69) is 14.4 Å². The Morgan fingerprint density at radius 1 is 1.29 bits per heavy atom. The summed E-state index contributed by atoms with van der Waals surface area (Å²) in [4.78, 5) is 16.0. The summed E-state index contributed by atoms with van der Waals surface area (Å²) in [6.07, 6.45) is 0.996. The Morgan fingerprint density at radius 3 is 2.65 bits per heavy atom. The van der Waals surface area contributed by atoms with Crippen LogP contribution in [0.3, 0.4) is 0 Å². The van der Waals surface area contributed by atoms with Gasteiger partial charge in [-0.05, 0) is 37.3 Å². The molecule has 0 aliphatic heterocycles. The maximum absolute atomic E-state index is 12.9. The molecule has 8 nitrogen and oxygen atoms in total. The first-order chi connectivity index (χ1) is 14.5. The molecule has 0 amide bonds. The summed E-state index contributed by atoms with van der Waals surface area (Å²) in [5, 5.41) is 10.4. The fraction of sp³-hybridized carbons (Fsp3) is 0.158. The topological polar surface area (TPSA) is 119 Å². The number of nitrogens with zero attached hydrogens (tertiary/aromatic N) is 1. The quantitative estimate of drug-likeness (QED) is 0.421. The molecule has 0 fully saturated rings. The molecule has 2 N–H and O–H groups in total. The van der Waals surface area contributed by atoms with Gasteiger partial charge in [0.1, 0.15) is 10.6 Å². The maximum Gasteiger partial charge on any atom is 0.387 e. The average Bonchev–Trinajstić information content (AvgIpc) is 3.21. The predicted octanol–water partition coefficient (Wildman–Crippen LogP) is 4.69. The van der Waals surface area contributed by atoms with Crippen LogP contribution in [0.1, 0.15) is 15.4 Å². The highest BCUT2D eigenvalue weighted by atomic mass is 32.2. The SMILES string of the molecule is Cc1sc(-c2ccc(OC(F)F)c3oc4ccc(NS(C)(=O)=O)cc4c23)nc1C(=O)O. The normalized spacial score (nSPS) is 12.0. The molecular formula is C19H14F2N2O6S2. The summed E-state index contributed by atoms with van der Waals surface area (Å²) in [6.45, 7) is -1.48. The smallest absolute Gasteiger partial charge is 0.387 e. The first kappa shape index (κ1) is 21.0. The molecule has 2 aromatic heterocycles. The van der Waals surface area contributed by atoms with Crippen molar-refractivity contribution in [2.75, 3.05) is 11.0 Å². The first-order valence-corrected chi connectivity index (χ1v) is 11.4. The number of benzene rings is 2.